The Hall–Kier alpha value is -1.91. The third-order valence-corrected chi connectivity index (χ3v) is 3.81. The fraction of sp³-hybridized carbons (Fsp3) is 0. The summed E-state index contributed by atoms with van der Waals surface area (Å²) in [5.74, 6) is -0.0987. The van der Waals surface area contributed by atoms with E-state index < -0.39 is 0 Å². The number of carbonyl (C=O) groups excluding carboxylic acids is 1. The summed E-state index contributed by atoms with van der Waals surface area (Å²) in [5.41, 5.74) is 7.41. The van der Waals surface area contributed by atoms with Crippen molar-refractivity contribution in [2.75, 3.05) is 5.73 Å². The van der Waals surface area contributed by atoms with Crippen LogP contribution in [0.1, 0.15) is 15.9 Å². The van der Waals surface area contributed by atoms with Crippen molar-refractivity contribution in [2.24, 2.45) is 0 Å². The van der Waals surface area contributed by atoms with Crippen LogP contribution in [0.5, 0.6) is 0 Å². The molecule has 5 heteroatoms. The van der Waals surface area contributed by atoms with E-state index in [0.29, 0.717) is 26.8 Å². The zero-order chi connectivity index (χ0) is 13.4. The number of benzene rings is 2. The molecule has 1 heterocycles. The van der Waals surface area contributed by atoms with Crippen LogP contribution in [-0.4, -0.2) is 10.8 Å². The zero-order valence-electron chi connectivity index (χ0n) is 9.76. The maximum absolute atomic E-state index is 12.5. The Morgan fingerprint density at radius 3 is 2.68 bits per heavy atom. The van der Waals surface area contributed by atoms with E-state index >= 15 is 0 Å². The third kappa shape index (κ3) is 2.20. The number of nitrogens with two attached hydrogens (primary N) is 1. The number of thiazole rings is 1. The van der Waals surface area contributed by atoms with Crippen LogP contribution in [0.25, 0.3) is 10.2 Å². The molecule has 0 aliphatic carbocycles. The first-order valence-corrected chi connectivity index (χ1v) is 6.80. The minimum absolute atomic E-state index is 0.0987. The van der Waals surface area contributed by atoms with Crippen LogP contribution in [0.4, 0.5) is 5.13 Å². The fourth-order valence-corrected chi connectivity index (χ4v) is 3.01. The molecule has 2 N–H and O–H groups in total. The predicted octanol–water partition coefficient (Wildman–Crippen LogP) is 3.76. The van der Waals surface area contributed by atoms with Crippen molar-refractivity contribution in [2.45, 2.75) is 0 Å². The highest BCUT2D eigenvalue weighted by Gasteiger charge is 2.16. The maximum atomic E-state index is 12.5. The Morgan fingerprint density at radius 2 is 1.95 bits per heavy atom. The molecule has 0 radical (unpaired) electrons. The Bertz CT molecular complexity index is 768. The van der Waals surface area contributed by atoms with Crippen LogP contribution in [0.3, 0.4) is 0 Å². The van der Waals surface area contributed by atoms with Gasteiger partial charge in [-0.2, -0.15) is 0 Å². The molecule has 0 saturated carbocycles. The normalized spacial score (nSPS) is 10.8. The summed E-state index contributed by atoms with van der Waals surface area (Å²) in [7, 11) is 0. The number of aromatic nitrogens is 1. The van der Waals surface area contributed by atoms with Crippen LogP contribution in [-0.2, 0) is 0 Å². The SMILES string of the molecule is Nc1nc2c(C(=O)c3ccccc3)cc(Cl)cc2s1. The molecule has 0 unspecified atom stereocenters. The molecule has 94 valence electrons. The summed E-state index contributed by atoms with van der Waals surface area (Å²) in [6, 6.07) is 12.5. The molecule has 3 aromatic rings. The van der Waals surface area contributed by atoms with Crippen molar-refractivity contribution in [1.82, 2.24) is 4.98 Å². The average molecular weight is 289 g/mol. The van der Waals surface area contributed by atoms with Gasteiger partial charge in [0.05, 0.1) is 15.8 Å². The maximum Gasteiger partial charge on any atom is 0.195 e. The van der Waals surface area contributed by atoms with Crippen LogP contribution in [0, 0.1) is 0 Å². The summed E-state index contributed by atoms with van der Waals surface area (Å²) in [4.78, 5) is 16.7. The van der Waals surface area contributed by atoms with Crippen molar-refractivity contribution >= 4 is 44.1 Å². The quantitative estimate of drug-likeness (QED) is 0.730. The monoisotopic (exact) mass is 288 g/mol. The molecule has 0 aliphatic heterocycles. The Kier molecular flexibility index (Phi) is 2.97. The van der Waals surface area contributed by atoms with Crippen molar-refractivity contribution in [1.29, 1.82) is 0 Å². The first-order valence-electron chi connectivity index (χ1n) is 5.60. The summed E-state index contributed by atoms with van der Waals surface area (Å²) >= 11 is 7.37. The minimum Gasteiger partial charge on any atom is -0.375 e. The molecule has 0 saturated heterocycles. The first-order chi connectivity index (χ1) is 9.15. The zero-order valence-corrected chi connectivity index (χ0v) is 11.3. The Labute approximate surface area is 118 Å². The van der Waals surface area contributed by atoms with Gasteiger partial charge in [0, 0.05) is 10.6 Å². The molecular formula is C14H9ClN2OS. The van der Waals surface area contributed by atoms with Crippen molar-refractivity contribution < 1.29 is 4.79 Å². The lowest BCUT2D eigenvalue weighted by molar-refractivity contribution is 0.104. The number of anilines is 1. The molecule has 0 bridgehead atoms. The number of nitrogens with zero attached hydrogens (tertiary/aromatic N) is 1. The van der Waals surface area contributed by atoms with Gasteiger partial charge < -0.3 is 5.73 Å². The molecule has 3 rings (SSSR count). The lowest BCUT2D eigenvalue weighted by Gasteiger charge is -2.03. The van der Waals surface area contributed by atoms with Gasteiger partial charge in [0.2, 0.25) is 0 Å². The van der Waals surface area contributed by atoms with Gasteiger partial charge in [-0.05, 0) is 12.1 Å². The number of halogens is 1. The lowest BCUT2D eigenvalue weighted by Crippen LogP contribution is -2.02. The van der Waals surface area contributed by atoms with Gasteiger partial charge in [-0.1, -0.05) is 53.3 Å². The molecular weight excluding hydrogens is 280 g/mol. The number of hydrogen-bond donors (Lipinski definition) is 1. The fourth-order valence-electron chi connectivity index (χ4n) is 1.93. The van der Waals surface area contributed by atoms with Gasteiger partial charge >= 0.3 is 0 Å². The smallest absolute Gasteiger partial charge is 0.195 e. The van der Waals surface area contributed by atoms with E-state index in [1.165, 1.54) is 11.3 Å². The Balaban J connectivity index is 2.22. The topological polar surface area (TPSA) is 56.0 Å². The Morgan fingerprint density at radius 1 is 1.21 bits per heavy atom. The minimum atomic E-state index is -0.0987. The van der Waals surface area contributed by atoms with E-state index in [0.717, 1.165) is 4.70 Å². The molecule has 3 nitrogen and oxygen atoms in total. The van der Waals surface area contributed by atoms with Gasteiger partial charge in [0.1, 0.15) is 0 Å². The molecule has 0 aliphatic rings. The molecule has 0 amide bonds. The molecule has 0 fully saturated rings. The predicted molar refractivity (Wildman–Crippen MR) is 78.9 cm³/mol. The van der Waals surface area contributed by atoms with Crippen LogP contribution >= 0.6 is 22.9 Å². The molecule has 1 aromatic heterocycles. The second kappa shape index (κ2) is 4.64. The number of ketones is 1. The van der Waals surface area contributed by atoms with Crippen LogP contribution < -0.4 is 5.73 Å². The number of fused-ring (bicyclic) bond motifs is 1. The van der Waals surface area contributed by atoms with Gasteiger partial charge in [-0.25, -0.2) is 4.98 Å². The standard InChI is InChI=1S/C14H9ClN2OS/c15-9-6-10(12-11(7-9)19-14(16)17-12)13(18)8-4-2-1-3-5-8/h1-7H,(H2,16,17). The van der Waals surface area contributed by atoms with Gasteiger partial charge in [-0.15, -0.1) is 0 Å². The number of hydrogen-bond acceptors (Lipinski definition) is 4. The van der Waals surface area contributed by atoms with Crippen LogP contribution in [0.2, 0.25) is 5.02 Å². The van der Waals surface area contributed by atoms with E-state index in [9.17, 15) is 4.79 Å². The van der Waals surface area contributed by atoms with E-state index in [-0.39, 0.29) is 5.78 Å². The molecule has 0 atom stereocenters. The highest BCUT2D eigenvalue weighted by Crippen LogP contribution is 2.31. The molecule has 19 heavy (non-hydrogen) atoms. The van der Waals surface area contributed by atoms with Gasteiger partial charge in [-0.3, -0.25) is 4.79 Å². The summed E-state index contributed by atoms with van der Waals surface area (Å²) in [5, 5.41) is 0.940. The highest BCUT2D eigenvalue weighted by atomic mass is 35.5. The first kappa shape index (κ1) is 12.1. The van der Waals surface area contributed by atoms with Crippen LogP contribution in [0.15, 0.2) is 42.5 Å². The summed E-state index contributed by atoms with van der Waals surface area (Å²) in [6.45, 7) is 0. The summed E-state index contributed by atoms with van der Waals surface area (Å²) < 4.78 is 0.823. The van der Waals surface area contributed by atoms with Crippen molar-refractivity contribution in [3.8, 4) is 0 Å². The number of carbonyl (C=O) groups is 1. The third-order valence-electron chi connectivity index (χ3n) is 2.76. The lowest BCUT2D eigenvalue weighted by atomic mass is 10.0. The molecule has 0 spiro atoms. The van der Waals surface area contributed by atoms with Gasteiger partial charge in [0.25, 0.3) is 0 Å². The largest absolute Gasteiger partial charge is 0.375 e. The van der Waals surface area contributed by atoms with E-state index in [1.54, 1.807) is 24.3 Å². The number of nitrogen functional groups attached to an aromatic ring is 1. The van der Waals surface area contributed by atoms with E-state index in [4.69, 9.17) is 17.3 Å². The average Bonchev–Trinajstić information content (AvgIpc) is 2.78. The van der Waals surface area contributed by atoms with E-state index in [2.05, 4.69) is 4.98 Å². The second-order valence-electron chi connectivity index (χ2n) is 4.05. The number of rotatable bonds is 2. The second-order valence-corrected chi connectivity index (χ2v) is 5.55. The van der Waals surface area contributed by atoms with Gasteiger partial charge in [0.15, 0.2) is 10.9 Å². The van der Waals surface area contributed by atoms with Crippen molar-refractivity contribution in [3.05, 3.63) is 58.6 Å². The van der Waals surface area contributed by atoms with Crippen molar-refractivity contribution in [3.63, 3.8) is 0 Å². The van der Waals surface area contributed by atoms with E-state index in [1.807, 2.05) is 18.2 Å². The summed E-state index contributed by atoms with van der Waals surface area (Å²) in [6.07, 6.45) is 0. The highest BCUT2D eigenvalue weighted by molar-refractivity contribution is 7.22. The molecule has 2 aromatic carbocycles.